The van der Waals surface area contributed by atoms with Crippen LogP contribution in [0.3, 0.4) is 0 Å². The van der Waals surface area contributed by atoms with E-state index < -0.39 is 0 Å². The Hall–Kier alpha value is -2.04. The van der Waals surface area contributed by atoms with Crippen LogP contribution in [0, 0.1) is 5.41 Å². The van der Waals surface area contributed by atoms with Gasteiger partial charge in [0, 0.05) is 36.8 Å². The van der Waals surface area contributed by atoms with Crippen LogP contribution in [-0.2, 0) is 11.2 Å². The maximum absolute atomic E-state index is 12.6. The number of guanidine groups is 1. The third-order valence-corrected chi connectivity index (χ3v) is 5.94. The Balaban J connectivity index is 1.63. The van der Waals surface area contributed by atoms with E-state index in [0.717, 1.165) is 31.2 Å². The number of carbonyl (C=O) groups excluding carboxylic acids is 1. The number of nitrogens with one attached hydrogen (secondary N) is 1. The number of para-hydroxylation sites is 1. The topological polar surface area (TPSA) is 47.9 Å². The molecule has 1 aromatic carbocycles. The zero-order chi connectivity index (χ0) is 17.5. The average Bonchev–Trinajstić information content (AvgIpc) is 2.98. The first-order chi connectivity index (χ1) is 11.3. The van der Waals surface area contributed by atoms with Crippen molar-refractivity contribution in [2.75, 3.05) is 31.6 Å². The van der Waals surface area contributed by atoms with Gasteiger partial charge in [-0.3, -0.25) is 9.79 Å². The lowest BCUT2D eigenvalue weighted by atomic mass is 9.65. The van der Waals surface area contributed by atoms with Crippen LogP contribution in [0.1, 0.15) is 33.3 Å². The predicted molar refractivity (Wildman–Crippen MR) is 98.4 cm³/mol. The quantitative estimate of drug-likeness (QED) is 0.669. The van der Waals surface area contributed by atoms with E-state index in [1.807, 2.05) is 23.1 Å². The van der Waals surface area contributed by atoms with E-state index in [4.69, 9.17) is 0 Å². The zero-order valence-electron chi connectivity index (χ0n) is 15.4. The minimum atomic E-state index is 0.0259. The van der Waals surface area contributed by atoms with Gasteiger partial charge in [-0.05, 0) is 31.9 Å². The molecule has 1 amide bonds. The first-order valence-corrected chi connectivity index (χ1v) is 8.64. The summed E-state index contributed by atoms with van der Waals surface area (Å²) in [7, 11) is 1.78. The lowest BCUT2D eigenvalue weighted by molar-refractivity contribution is -0.117. The van der Waals surface area contributed by atoms with Crippen LogP contribution in [0.15, 0.2) is 29.3 Å². The Bertz CT molecular complexity index is 678. The third-order valence-electron chi connectivity index (χ3n) is 5.94. The van der Waals surface area contributed by atoms with Gasteiger partial charge in [-0.2, -0.15) is 0 Å². The molecule has 1 saturated heterocycles. The molecule has 0 radical (unpaired) electrons. The molecule has 130 valence electrons. The molecule has 3 rings (SSSR count). The molecule has 0 aliphatic carbocycles. The summed E-state index contributed by atoms with van der Waals surface area (Å²) in [4.78, 5) is 21.1. The number of aliphatic imine (C=N–C) groups is 1. The minimum Gasteiger partial charge on any atom is -0.347 e. The van der Waals surface area contributed by atoms with Crippen LogP contribution >= 0.6 is 0 Å². The highest BCUT2D eigenvalue weighted by molar-refractivity contribution is 5.98. The van der Waals surface area contributed by atoms with E-state index in [1.165, 1.54) is 5.56 Å². The normalized spacial score (nSPS) is 21.3. The number of hydrogen-bond donors (Lipinski definition) is 1. The molecule has 2 aliphatic heterocycles. The molecule has 2 aliphatic rings. The number of rotatable bonds is 2. The van der Waals surface area contributed by atoms with Gasteiger partial charge < -0.3 is 15.1 Å². The van der Waals surface area contributed by atoms with E-state index in [0.29, 0.717) is 0 Å². The Morgan fingerprint density at radius 1 is 1.25 bits per heavy atom. The van der Waals surface area contributed by atoms with Crippen molar-refractivity contribution in [3.63, 3.8) is 0 Å². The summed E-state index contributed by atoms with van der Waals surface area (Å²) in [6.45, 7) is 11.0. The molecule has 24 heavy (non-hydrogen) atoms. The molecule has 0 unspecified atom stereocenters. The van der Waals surface area contributed by atoms with E-state index >= 15 is 0 Å². The van der Waals surface area contributed by atoms with Crippen LogP contribution in [0.5, 0.6) is 0 Å². The molecular weight excluding hydrogens is 300 g/mol. The highest BCUT2D eigenvalue weighted by Crippen LogP contribution is 2.46. The molecule has 5 heteroatoms. The van der Waals surface area contributed by atoms with Crippen LogP contribution in [0.2, 0.25) is 0 Å². The molecule has 2 heterocycles. The number of hydrogen-bond acceptors (Lipinski definition) is 2. The second kappa shape index (κ2) is 5.80. The zero-order valence-corrected chi connectivity index (χ0v) is 15.4. The van der Waals surface area contributed by atoms with Crippen molar-refractivity contribution in [1.82, 2.24) is 10.2 Å². The van der Waals surface area contributed by atoms with Crippen LogP contribution in [0.25, 0.3) is 0 Å². The Kier molecular flexibility index (Phi) is 4.06. The lowest BCUT2D eigenvalue weighted by Crippen LogP contribution is -2.72. The monoisotopic (exact) mass is 328 g/mol. The van der Waals surface area contributed by atoms with Gasteiger partial charge in [-0.1, -0.05) is 32.0 Å². The summed E-state index contributed by atoms with van der Waals surface area (Å²) < 4.78 is 0. The number of likely N-dealkylation sites (tertiary alicyclic amines) is 1. The fraction of sp³-hybridized carbons (Fsp3) is 0.579. The second-order valence-corrected chi connectivity index (χ2v) is 7.85. The summed E-state index contributed by atoms with van der Waals surface area (Å²) in [6.07, 6.45) is 0.935. The molecule has 0 aromatic heterocycles. The van der Waals surface area contributed by atoms with Gasteiger partial charge in [0.25, 0.3) is 0 Å². The Labute approximate surface area is 144 Å². The maximum Gasteiger partial charge on any atom is 0.246 e. The van der Waals surface area contributed by atoms with Gasteiger partial charge in [0.05, 0.1) is 6.54 Å². The van der Waals surface area contributed by atoms with Crippen molar-refractivity contribution in [2.24, 2.45) is 10.4 Å². The SMILES string of the molecule is CN=C(NCC(=O)N1CCc2ccccc21)N1CC(C)(C)C1(C)C. The van der Waals surface area contributed by atoms with Gasteiger partial charge in [0.15, 0.2) is 5.96 Å². The largest absolute Gasteiger partial charge is 0.347 e. The minimum absolute atomic E-state index is 0.0259. The molecule has 0 spiro atoms. The number of nitrogens with zero attached hydrogens (tertiary/aromatic N) is 3. The van der Waals surface area contributed by atoms with Crippen molar-refractivity contribution in [1.29, 1.82) is 0 Å². The molecule has 1 fully saturated rings. The van der Waals surface area contributed by atoms with Gasteiger partial charge in [0.2, 0.25) is 5.91 Å². The summed E-state index contributed by atoms with van der Waals surface area (Å²) in [5.74, 6) is 0.902. The van der Waals surface area contributed by atoms with Crippen LogP contribution in [-0.4, -0.2) is 49.0 Å². The first-order valence-electron chi connectivity index (χ1n) is 8.64. The smallest absolute Gasteiger partial charge is 0.246 e. The van der Waals surface area contributed by atoms with E-state index in [-0.39, 0.29) is 23.4 Å². The van der Waals surface area contributed by atoms with Gasteiger partial charge in [0.1, 0.15) is 0 Å². The number of amides is 1. The summed E-state index contributed by atoms with van der Waals surface area (Å²) in [5.41, 5.74) is 2.56. The summed E-state index contributed by atoms with van der Waals surface area (Å²) >= 11 is 0. The van der Waals surface area contributed by atoms with Crippen molar-refractivity contribution in [3.05, 3.63) is 29.8 Å². The summed E-state index contributed by atoms with van der Waals surface area (Å²) in [5, 5.41) is 3.26. The van der Waals surface area contributed by atoms with E-state index in [1.54, 1.807) is 7.05 Å². The van der Waals surface area contributed by atoms with Gasteiger partial charge in [-0.25, -0.2) is 0 Å². The molecule has 1 N–H and O–H groups in total. The van der Waals surface area contributed by atoms with Crippen molar-refractivity contribution in [2.45, 2.75) is 39.7 Å². The fourth-order valence-corrected chi connectivity index (χ4v) is 3.54. The molecule has 1 aromatic rings. The highest BCUT2D eigenvalue weighted by Gasteiger charge is 2.53. The highest BCUT2D eigenvalue weighted by atomic mass is 16.2. The van der Waals surface area contributed by atoms with E-state index in [9.17, 15) is 4.79 Å². The average molecular weight is 328 g/mol. The molecule has 0 atom stereocenters. The lowest BCUT2D eigenvalue weighted by Gasteiger charge is -2.62. The number of fused-ring (bicyclic) bond motifs is 1. The molecular formula is C19H28N4O. The van der Waals surface area contributed by atoms with Crippen LogP contribution < -0.4 is 10.2 Å². The number of benzene rings is 1. The molecule has 0 saturated carbocycles. The standard InChI is InChI=1S/C19H28N4O/c1-18(2)13-23(19(18,3)4)17(20-5)21-12-16(24)22-11-10-14-8-6-7-9-15(14)22/h6-9H,10-13H2,1-5H3,(H,20,21). The Morgan fingerprint density at radius 2 is 1.96 bits per heavy atom. The number of anilines is 1. The molecule has 0 bridgehead atoms. The third kappa shape index (κ3) is 2.56. The molecule has 5 nitrogen and oxygen atoms in total. The second-order valence-electron chi connectivity index (χ2n) is 7.85. The number of carbonyl (C=O) groups is 1. The van der Waals surface area contributed by atoms with Crippen molar-refractivity contribution >= 4 is 17.6 Å². The van der Waals surface area contributed by atoms with Crippen LogP contribution in [0.4, 0.5) is 5.69 Å². The van der Waals surface area contributed by atoms with Gasteiger partial charge >= 0.3 is 0 Å². The fourth-order valence-electron chi connectivity index (χ4n) is 3.54. The predicted octanol–water partition coefficient (Wildman–Crippen LogP) is 2.27. The maximum atomic E-state index is 12.6. The first kappa shape index (κ1) is 16.8. The van der Waals surface area contributed by atoms with E-state index in [2.05, 4.69) is 49.0 Å². The van der Waals surface area contributed by atoms with Gasteiger partial charge in [-0.15, -0.1) is 0 Å². The Morgan fingerprint density at radius 3 is 2.58 bits per heavy atom. The van der Waals surface area contributed by atoms with Crippen molar-refractivity contribution in [3.8, 4) is 0 Å². The van der Waals surface area contributed by atoms with Crippen molar-refractivity contribution < 1.29 is 4.79 Å². The summed E-state index contributed by atoms with van der Waals surface area (Å²) in [6, 6.07) is 8.14.